The standard InChI is InChI=1S/C27H29N3O.CH3O/c1-29-17-24-23-5-3-4-6-26(23)28-27(25(24)18-29)22-12-15-30(16-13-22)14-11-20-7-9-21(10-8-20)19-31-2;1-2/h3-11,14,17-18,22H,12-13,15-16,19H2,1-2H3;1H3. The molecule has 1 aliphatic heterocycles. The van der Waals surface area contributed by atoms with Crippen molar-refractivity contribution in [1.82, 2.24) is 14.5 Å². The van der Waals surface area contributed by atoms with Gasteiger partial charge in [0.25, 0.3) is 0 Å². The molecule has 4 aromatic rings. The Bertz CT molecular complexity index is 1220. The minimum Gasteiger partial charge on any atom is -0.380 e. The van der Waals surface area contributed by atoms with Gasteiger partial charge in [-0.1, -0.05) is 42.5 Å². The third kappa shape index (κ3) is 5.10. The second-order valence-corrected chi connectivity index (χ2v) is 8.57. The third-order valence-corrected chi connectivity index (χ3v) is 6.35. The van der Waals surface area contributed by atoms with Crippen LogP contribution in [0, 0.1) is 0 Å². The first-order chi connectivity index (χ1) is 16.2. The van der Waals surface area contributed by atoms with Crippen molar-refractivity contribution in [3.8, 4) is 0 Å². The van der Waals surface area contributed by atoms with E-state index in [1.54, 1.807) is 7.11 Å². The zero-order valence-electron chi connectivity index (χ0n) is 19.7. The van der Waals surface area contributed by atoms with Gasteiger partial charge in [-0.15, -0.1) is 0 Å². The van der Waals surface area contributed by atoms with Gasteiger partial charge in [-0.2, -0.15) is 0 Å². The normalized spacial score (nSPS) is 14.7. The van der Waals surface area contributed by atoms with Crippen LogP contribution in [0.1, 0.15) is 35.6 Å². The Morgan fingerprint density at radius 1 is 0.970 bits per heavy atom. The number of rotatable bonds is 5. The Kier molecular flexibility index (Phi) is 7.43. The number of piperidine rings is 1. The van der Waals surface area contributed by atoms with E-state index in [2.05, 4.69) is 89.7 Å². The van der Waals surface area contributed by atoms with Gasteiger partial charge in [0.15, 0.2) is 0 Å². The summed E-state index contributed by atoms with van der Waals surface area (Å²) in [6.45, 7) is 2.78. The first kappa shape index (κ1) is 23.0. The van der Waals surface area contributed by atoms with E-state index < -0.39 is 0 Å². The molecule has 33 heavy (non-hydrogen) atoms. The van der Waals surface area contributed by atoms with Crippen LogP contribution in [0.5, 0.6) is 0 Å². The van der Waals surface area contributed by atoms with E-state index >= 15 is 0 Å². The predicted molar refractivity (Wildman–Crippen MR) is 135 cm³/mol. The number of ether oxygens (including phenoxy) is 1. The number of pyridine rings is 1. The quantitative estimate of drug-likeness (QED) is 0.394. The zero-order chi connectivity index (χ0) is 23.2. The molecule has 1 radical (unpaired) electrons. The summed E-state index contributed by atoms with van der Waals surface area (Å²) in [6.07, 6.45) is 11.2. The maximum Gasteiger partial charge on any atom is 0.0713 e. The van der Waals surface area contributed by atoms with Crippen LogP contribution in [0.2, 0.25) is 0 Å². The number of hydrogen-bond donors (Lipinski definition) is 0. The minimum atomic E-state index is 0.507. The lowest BCUT2D eigenvalue weighted by molar-refractivity contribution is 0.185. The summed E-state index contributed by atoms with van der Waals surface area (Å²) in [5, 5.41) is 12.1. The molecule has 0 amide bonds. The largest absolute Gasteiger partial charge is 0.380 e. The average molecular weight is 443 g/mol. The van der Waals surface area contributed by atoms with Gasteiger partial charge in [-0.05, 0) is 42.3 Å². The van der Waals surface area contributed by atoms with Crippen LogP contribution >= 0.6 is 0 Å². The maximum absolute atomic E-state index is 8.25. The summed E-state index contributed by atoms with van der Waals surface area (Å²) in [5.41, 5.74) is 4.81. The lowest BCUT2D eigenvalue weighted by Crippen LogP contribution is -2.28. The fourth-order valence-corrected chi connectivity index (χ4v) is 4.71. The molecule has 2 aromatic heterocycles. The molecule has 1 fully saturated rings. The van der Waals surface area contributed by atoms with Crippen molar-refractivity contribution in [2.45, 2.75) is 25.4 Å². The van der Waals surface area contributed by atoms with Crippen molar-refractivity contribution in [3.63, 3.8) is 0 Å². The number of nitrogens with zero attached hydrogens (tertiary/aromatic N) is 3. The zero-order valence-corrected chi connectivity index (χ0v) is 19.7. The molecule has 0 N–H and O–H groups in total. The van der Waals surface area contributed by atoms with Crippen molar-refractivity contribution in [1.29, 1.82) is 0 Å². The monoisotopic (exact) mass is 442 g/mol. The van der Waals surface area contributed by atoms with Crippen molar-refractivity contribution < 1.29 is 9.84 Å². The molecule has 171 valence electrons. The summed E-state index contributed by atoms with van der Waals surface area (Å²) in [6, 6.07) is 17.1. The fourth-order valence-electron chi connectivity index (χ4n) is 4.71. The third-order valence-electron chi connectivity index (χ3n) is 6.35. The highest BCUT2D eigenvalue weighted by atomic mass is 16.5. The molecule has 5 heteroatoms. The van der Waals surface area contributed by atoms with Crippen molar-refractivity contribution in [3.05, 3.63) is 83.9 Å². The molecule has 0 saturated carbocycles. The number of hydrogen-bond acceptors (Lipinski definition) is 3. The van der Waals surface area contributed by atoms with Crippen LogP contribution in [0.3, 0.4) is 0 Å². The molecule has 3 heterocycles. The first-order valence-electron chi connectivity index (χ1n) is 11.5. The average Bonchev–Trinajstić information content (AvgIpc) is 3.26. The molecule has 0 unspecified atom stereocenters. The first-order valence-corrected chi connectivity index (χ1v) is 11.5. The van der Waals surface area contributed by atoms with Crippen molar-refractivity contribution in [2.75, 3.05) is 27.3 Å². The topological polar surface area (TPSA) is 50.2 Å². The molecule has 0 spiro atoms. The summed E-state index contributed by atoms with van der Waals surface area (Å²) < 4.78 is 7.35. The second-order valence-electron chi connectivity index (χ2n) is 8.57. The summed E-state index contributed by atoms with van der Waals surface area (Å²) in [4.78, 5) is 7.56. The van der Waals surface area contributed by atoms with Crippen LogP contribution in [0.4, 0.5) is 0 Å². The number of aromatic nitrogens is 2. The molecule has 0 bridgehead atoms. The highest BCUT2D eigenvalue weighted by molar-refractivity contribution is 6.06. The van der Waals surface area contributed by atoms with Crippen LogP contribution < -0.4 is 0 Å². The van der Waals surface area contributed by atoms with E-state index in [0.717, 1.165) is 38.6 Å². The number of benzene rings is 2. The van der Waals surface area contributed by atoms with Gasteiger partial charge in [-0.3, -0.25) is 4.98 Å². The maximum atomic E-state index is 8.25. The number of aryl methyl sites for hydroxylation is 1. The molecule has 1 saturated heterocycles. The Hall–Kier alpha value is -3.15. The molecule has 5 rings (SSSR count). The van der Waals surface area contributed by atoms with E-state index in [4.69, 9.17) is 14.8 Å². The van der Waals surface area contributed by atoms with Gasteiger partial charge in [-0.25, -0.2) is 5.11 Å². The lowest BCUT2D eigenvalue weighted by atomic mass is 9.90. The van der Waals surface area contributed by atoms with E-state index in [9.17, 15) is 0 Å². The van der Waals surface area contributed by atoms with Crippen LogP contribution in [-0.2, 0) is 23.5 Å². The van der Waals surface area contributed by atoms with Crippen LogP contribution in [0.15, 0.2) is 67.1 Å². The summed E-state index contributed by atoms with van der Waals surface area (Å²) in [5.74, 6) is 0.507. The number of para-hydroxylation sites is 1. The molecular weight excluding hydrogens is 410 g/mol. The van der Waals surface area contributed by atoms with E-state index in [0.29, 0.717) is 12.5 Å². The Morgan fingerprint density at radius 3 is 2.39 bits per heavy atom. The van der Waals surface area contributed by atoms with Gasteiger partial charge in [0.05, 0.1) is 24.9 Å². The SMILES string of the molecule is COCc1ccc(C=CN2CCC(c3nc4ccccc4c4cn(C)cc34)CC2)cc1.C[O]. The Labute approximate surface area is 195 Å². The highest BCUT2D eigenvalue weighted by Gasteiger charge is 2.23. The number of likely N-dealkylation sites (tertiary alicyclic amines) is 1. The van der Waals surface area contributed by atoms with Crippen LogP contribution in [-0.4, -0.2) is 41.8 Å². The molecule has 5 nitrogen and oxygen atoms in total. The smallest absolute Gasteiger partial charge is 0.0713 e. The molecular formula is C28H32N3O2. The molecule has 0 aliphatic carbocycles. The predicted octanol–water partition coefficient (Wildman–Crippen LogP) is 5.77. The van der Waals surface area contributed by atoms with Gasteiger partial charge in [0.2, 0.25) is 0 Å². The highest BCUT2D eigenvalue weighted by Crippen LogP contribution is 2.35. The van der Waals surface area contributed by atoms with Gasteiger partial charge in [0, 0.05) is 61.7 Å². The van der Waals surface area contributed by atoms with E-state index in [-0.39, 0.29) is 0 Å². The minimum absolute atomic E-state index is 0.507. The van der Waals surface area contributed by atoms with Crippen LogP contribution in [0.25, 0.3) is 27.8 Å². The molecule has 2 aromatic carbocycles. The van der Waals surface area contributed by atoms with Crippen molar-refractivity contribution in [2.24, 2.45) is 7.05 Å². The van der Waals surface area contributed by atoms with Gasteiger partial charge >= 0.3 is 0 Å². The van der Waals surface area contributed by atoms with Gasteiger partial charge < -0.3 is 14.2 Å². The lowest BCUT2D eigenvalue weighted by Gasteiger charge is -2.31. The number of methoxy groups -OCH3 is 1. The van der Waals surface area contributed by atoms with Crippen molar-refractivity contribution >= 4 is 27.8 Å². The Morgan fingerprint density at radius 2 is 1.67 bits per heavy atom. The Balaban J connectivity index is 0.00000126. The molecule has 1 aliphatic rings. The summed E-state index contributed by atoms with van der Waals surface area (Å²) in [7, 11) is 4.58. The second kappa shape index (κ2) is 10.6. The molecule has 0 atom stereocenters. The summed E-state index contributed by atoms with van der Waals surface area (Å²) >= 11 is 0. The number of fused-ring (bicyclic) bond motifs is 3. The van der Waals surface area contributed by atoms with E-state index in [1.165, 1.54) is 33.0 Å². The fraction of sp³-hybridized carbons (Fsp3) is 0.321. The van der Waals surface area contributed by atoms with Gasteiger partial charge in [0.1, 0.15) is 0 Å². The van der Waals surface area contributed by atoms with E-state index in [1.807, 2.05) is 0 Å².